The fourth-order valence-corrected chi connectivity index (χ4v) is 7.64. The van der Waals surface area contributed by atoms with Crippen molar-refractivity contribution in [2.75, 3.05) is 26.2 Å². The van der Waals surface area contributed by atoms with Crippen LogP contribution < -0.4 is 10.6 Å². The van der Waals surface area contributed by atoms with Crippen LogP contribution in [0.3, 0.4) is 0 Å². The molecule has 2 aliphatic rings. The average Bonchev–Trinajstić information content (AvgIpc) is 2.92. The molecule has 0 amide bonds. The monoisotopic (exact) mass is 556 g/mol. The predicted octanol–water partition coefficient (Wildman–Crippen LogP) is 6.36. The van der Waals surface area contributed by atoms with E-state index >= 15 is 0 Å². The second-order valence-electron chi connectivity index (χ2n) is 11.2. The van der Waals surface area contributed by atoms with E-state index in [2.05, 4.69) is 10.6 Å². The van der Waals surface area contributed by atoms with Gasteiger partial charge in [-0.3, -0.25) is 0 Å². The first-order valence-electron chi connectivity index (χ1n) is 13.6. The fraction of sp³-hybridized carbons (Fsp3) is 0.533. The molecular formula is C30H40N2O4S2. The van der Waals surface area contributed by atoms with Gasteiger partial charge in [-0.15, -0.1) is 0 Å². The Morgan fingerprint density at radius 2 is 1.00 bits per heavy atom. The third-order valence-electron chi connectivity index (χ3n) is 7.79. The number of hydrogen-bond acceptors (Lipinski definition) is 8. The van der Waals surface area contributed by atoms with Crippen molar-refractivity contribution in [3.05, 3.63) is 59.7 Å². The summed E-state index contributed by atoms with van der Waals surface area (Å²) in [5.74, 6) is 0.0325. The van der Waals surface area contributed by atoms with Gasteiger partial charge in [-0.05, 0) is 104 Å². The fourth-order valence-electron chi connectivity index (χ4n) is 5.29. The zero-order chi connectivity index (χ0) is 27.2. The summed E-state index contributed by atoms with van der Waals surface area (Å²) >= 11 is 0. The number of carbonyl (C=O) groups is 2. The number of rotatable bonds is 9. The number of esters is 2. The SMILES string of the molecule is CC(C)(OC(=O)c1ccccc1SSc1ccccc1C(=O)OC(C)(C)C1CCNCC1)C1CCNCC1. The van der Waals surface area contributed by atoms with E-state index in [1.807, 2.05) is 76.2 Å². The predicted molar refractivity (Wildman–Crippen MR) is 155 cm³/mol. The van der Waals surface area contributed by atoms with Gasteiger partial charge in [0.25, 0.3) is 0 Å². The standard InChI is InChI=1S/C30H40N2O4S2/c1-29(2,21-13-17-31-18-14-21)35-27(33)23-9-5-7-11-25(23)37-38-26-12-8-6-10-24(26)28(34)36-30(3,4)22-15-19-32-20-16-22/h5-12,21-22,31-32H,13-20H2,1-4H3. The van der Waals surface area contributed by atoms with E-state index < -0.39 is 11.2 Å². The van der Waals surface area contributed by atoms with Crippen LogP contribution in [0.4, 0.5) is 0 Å². The van der Waals surface area contributed by atoms with Crippen LogP contribution in [0.5, 0.6) is 0 Å². The Hall–Kier alpha value is -2.00. The zero-order valence-electron chi connectivity index (χ0n) is 22.9. The molecule has 4 rings (SSSR count). The van der Waals surface area contributed by atoms with Gasteiger partial charge in [-0.25, -0.2) is 9.59 Å². The highest BCUT2D eigenvalue weighted by Crippen LogP contribution is 2.42. The van der Waals surface area contributed by atoms with E-state index in [4.69, 9.17) is 9.47 Å². The lowest BCUT2D eigenvalue weighted by molar-refractivity contribution is -0.0379. The molecule has 6 nitrogen and oxygen atoms in total. The molecule has 2 fully saturated rings. The van der Waals surface area contributed by atoms with Crippen molar-refractivity contribution in [3.8, 4) is 0 Å². The summed E-state index contributed by atoms with van der Waals surface area (Å²) < 4.78 is 12.1. The molecule has 0 spiro atoms. The highest BCUT2D eigenvalue weighted by atomic mass is 33.1. The zero-order valence-corrected chi connectivity index (χ0v) is 24.5. The number of nitrogens with one attached hydrogen (secondary N) is 2. The third-order valence-corrected chi connectivity index (χ3v) is 10.3. The maximum absolute atomic E-state index is 13.3. The van der Waals surface area contributed by atoms with Crippen LogP contribution in [-0.4, -0.2) is 49.3 Å². The minimum atomic E-state index is -0.540. The molecular weight excluding hydrogens is 516 g/mol. The molecule has 0 radical (unpaired) electrons. The first-order valence-corrected chi connectivity index (χ1v) is 15.7. The van der Waals surface area contributed by atoms with Gasteiger partial charge in [0.05, 0.1) is 11.1 Å². The Bertz CT molecular complexity index is 1020. The van der Waals surface area contributed by atoms with Crippen molar-refractivity contribution in [1.82, 2.24) is 10.6 Å². The van der Waals surface area contributed by atoms with Gasteiger partial charge in [0, 0.05) is 21.6 Å². The summed E-state index contributed by atoms with van der Waals surface area (Å²) in [7, 11) is 2.91. The van der Waals surface area contributed by atoms with E-state index in [0.29, 0.717) is 23.0 Å². The second kappa shape index (κ2) is 12.9. The van der Waals surface area contributed by atoms with E-state index in [-0.39, 0.29) is 11.9 Å². The second-order valence-corrected chi connectivity index (χ2v) is 13.4. The highest BCUT2D eigenvalue weighted by Gasteiger charge is 2.36. The van der Waals surface area contributed by atoms with Crippen molar-refractivity contribution >= 4 is 33.5 Å². The van der Waals surface area contributed by atoms with Crippen LogP contribution in [0.1, 0.15) is 74.1 Å². The van der Waals surface area contributed by atoms with Crippen LogP contribution in [0.25, 0.3) is 0 Å². The van der Waals surface area contributed by atoms with Crippen LogP contribution in [0.15, 0.2) is 58.3 Å². The maximum Gasteiger partial charge on any atom is 0.339 e. The normalized spacial score (nSPS) is 17.7. The van der Waals surface area contributed by atoms with E-state index in [1.165, 1.54) is 21.6 Å². The summed E-state index contributed by atoms with van der Waals surface area (Å²) in [6.45, 7) is 11.8. The number of hydrogen-bond donors (Lipinski definition) is 2. The Morgan fingerprint density at radius 3 is 1.37 bits per heavy atom. The van der Waals surface area contributed by atoms with E-state index in [1.54, 1.807) is 0 Å². The third kappa shape index (κ3) is 7.34. The highest BCUT2D eigenvalue weighted by molar-refractivity contribution is 8.76. The van der Waals surface area contributed by atoms with Gasteiger partial charge >= 0.3 is 11.9 Å². The summed E-state index contributed by atoms with van der Waals surface area (Å²) in [5, 5.41) is 6.75. The lowest BCUT2D eigenvalue weighted by Gasteiger charge is -2.36. The van der Waals surface area contributed by atoms with Crippen molar-refractivity contribution in [1.29, 1.82) is 0 Å². The van der Waals surface area contributed by atoms with Crippen LogP contribution in [0, 0.1) is 11.8 Å². The summed E-state index contributed by atoms with van der Waals surface area (Å²) in [6, 6.07) is 15.0. The molecule has 2 aromatic carbocycles. The molecule has 2 aromatic rings. The minimum Gasteiger partial charge on any atom is -0.456 e. The molecule has 0 atom stereocenters. The Kier molecular flexibility index (Phi) is 9.84. The Morgan fingerprint density at radius 1 is 0.658 bits per heavy atom. The van der Waals surface area contributed by atoms with Crippen LogP contribution in [0.2, 0.25) is 0 Å². The molecule has 206 valence electrons. The topological polar surface area (TPSA) is 76.7 Å². The minimum absolute atomic E-state index is 0.311. The van der Waals surface area contributed by atoms with Crippen LogP contribution in [-0.2, 0) is 9.47 Å². The largest absolute Gasteiger partial charge is 0.456 e. The lowest BCUT2D eigenvalue weighted by Crippen LogP contribution is -2.42. The molecule has 2 N–H and O–H groups in total. The van der Waals surface area contributed by atoms with E-state index in [0.717, 1.165) is 61.7 Å². The van der Waals surface area contributed by atoms with Gasteiger partial charge in [-0.2, -0.15) is 0 Å². The summed E-state index contributed by atoms with van der Waals surface area (Å²) in [4.78, 5) is 28.2. The molecule has 38 heavy (non-hydrogen) atoms. The molecule has 0 bridgehead atoms. The maximum atomic E-state index is 13.3. The number of piperidine rings is 2. The average molecular weight is 557 g/mol. The Labute approximate surface area is 234 Å². The lowest BCUT2D eigenvalue weighted by atomic mass is 9.83. The molecule has 0 aliphatic carbocycles. The summed E-state index contributed by atoms with van der Waals surface area (Å²) in [6.07, 6.45) is 3.98. The Balaban J connectivity index is 1.44. The van der Waals surface area contributed by atoms with E-state index in [9.17, 15) is 9.59 Å². The van der Waals surface area contributed by atoms with Crippen molar-refractivity contribution in [2.24, 2.45) is 11.8 Å². The molecule has 0 aromatic heterocycles. The molecule has 2 heterocycles. The van der Waals surface area contributed by atoms with Gasteiger partial charge in [0.1, 0.15) is 11.2 Å². The molecule has 0 saturated carbocycles. The molecule has 8 heteroatoms. The number of carbonyl (C=O) groups excluding carboxylic acids is 2. The van der Waals surface area contributed by atoms with Crippen molar-refractivity contribution in [3.63, 3.8) is 0 Å². The molecule has 2 saturated heterocycles. The first-order chi connectivity index (χ1) is 18.2. The van der Waals surface area contributed by atoms with Crippen LogP contribution >= 0.6 is 21.6 Å². The van der Waals surface area contributed by atoms with Crippen molar-refractivity contribution in [2.45, 2.75) is 74.4 Å². The number of benzene rings is 2. The van der Waals surface area contributed by atoms with Gasteiger partial charge in [-0.1, -0.05) is 45.9 Å². The quantitative estimate of drug-likeness (QED) is 0.273. The van der Waals surface area contributed by atoms with Gasteiger partial charge in [0.2, 0.25) is 0 Å². The van der Waals surface area contributed by atoms with Gasteiger partial charge in [0.15, 0.2) is 0 Å². The molecule has 2 aliphatic heterocycles. The smallest absolute Gasteiger partial charge is 0.339 e. The summed E-state index contributed by atoms with van der Waals surface area (Å²) in [5.41, 5.74) is 0.00164. The van der Waals surface area contributed by atoms with Gasteiger partial charge < -0.3 is 20.1 Å². The van der Waals surface area contributed by atoms with Crippen molar-refractivity contribution < 1.29 is 19.1 Å². The number of ether oxygens (including phenoxy) is 2. The molecule has 0 unspecified atom stereocenters. The first kappa shape index (κ1) is 29.0.